The van der Waals surface area contributed by atoms with Gasteiger partial charge in [0.15, 0.2) is 11.5 Å². The summed E-state index contributed by atoms with van der Waals surface area (Å²) in [4.78, 5) is 39.8. The lowest BCUT2D eigenvalue weighted by molar-refractivity contribution is -0.385. The molecule has 0 saturated heterocycles. The summed E-state index contributed by atoms with van der Waals surface area (Å²) < 4.78 is 0. The Morgan fingerprint density at radius 1 is 1.13 bits per heavy atom. The normalized spacial score (nSPS) is 16.5. The number of para-hydroxylation sites is 1. The number of carbonyl (C=O) groups excluding carboxylic acids is 2. The number of benzene rings is 1. The Labute approximate surface area is 183 Å². The number of unbranched alkanes of at least 4 members (excludes halogenated alkanes) is 2. The van der Waals surface area contributed by atoms with Crippen molar-refractivity contribution in [3.8, 4) is 0 Å². The quantitative estimate of drug-likeness (QED) is 0.371. The Hall–Kier alpha value is -2.74. The van der Waals surface area contributed by atoms with Gasteiger partial charge in [-0.3, -0.25) is 19.7 Å². The van der Waals surface area contributed by atoms with Crippen molar-refractivity contribution in [1.82, 2.24) is 9.80 Å². The van der Waals surface area contributed by atoms with E-state index >= 15 is 0 Å². The van der Waals surface area contributed by atoms with Crippen LogP contribution in [0.5, 0.6) is 0 Å². The van der Waals surface area contributed by atoms with Crippen LogP contribution in [0.25, 0.3) is 0 Å². The van der Waals surface area contributed by atoms with Crippen molar-refractivity contribution in [2.24, 2.45) is 0 Å². The number of Topliss-reactive ketones (excluding diaryl/α,β-unsaturated/α-hetero) is 1. The topological polar surface area (TPSA) is 104 Å². The van der Waals surface area contributed by atoms with Crippen LogP contribution in [0.15, 0.2) is 35.6 Å². The number of carbonyl (C=O) groups is 2. The summed E-state index contributed by atoms with van der Waals surface area (Å²) in [5.74, 6) is -1.73. The highest BCUT2D eigenvalue weighted by Gasteiger charge is 2.44. The van der Waals surface area contributed by atoms with Gasteiger partial charge in [-0.2, -0.15) is 0 Å². The fraction of sp³-hybridized carbons (Fsp3) is 0.565. The molecule has 1 heterocycles. The molecule has 0 bridgehead atoms. The van der Waals surface area contributed by atoms with Crippen LogP contribution >= 0.6 is 0 Å². The minimum absolute atomic E-state index is 0.0758. The molecule has 0 aliphatic carbocycles. The lowest BCUT2D eigenvalue weighted by Gasteiger charge is -2.28. The largest absolute Gasteiger partial charge is 0.503 e. The van der Waals surface area contributed by atoms with Crippen molar-refractivity contribution in [2.45, 2.75) is 58.9 Å². The maximum Gasteiger partial charge on any atom is 0.290 e. The molecule has 1 aromatic carbocycles. The Morgan fingerprint density at radius 3 is 2.26 bits per heavy atom. The lowest BCUT2D eigenvalue weighted by Crippen LogP contribution is -2.35. The molecular formula is C23H33N3O5. The maximum atomic E-state index is 12.8. The molecule has 0 aromatic heterocycles. The molecule has 31 heavy (non-hydrogen) atoms. The number of hydrogen-bond donors (Lipinski definition) is 1. The molecule has 2 rings (SSSR count). The van der Waals surface area contributed by atoms with Crippen molar-refractivity contribution in [2.75, 3.05) is 26.2 Å². The van der Waals surface area contributed by atoms with Gasteiger partial charge in [-0.05, 0) is 51.9 Å². The molecule has 0 radical (unpaired) electrons. The van der Waals surface area contributed by atoms with Gasteiger partial charge in [0.2, 0.25) is 0 Å². The van der Waals surface area contributed by atoms with E-state index in [-0.39, 0.29) is 16.8 Å². The number of rotatable bonds is 13. The van der Waals surface area contributed by atoms with Crippen molar-refractivity contribution < 1.29 is 19.6 Å². The Balaban J connectivity index is 2.26. The predicted molar refractivity (Wildman–Crippen MR) is 119 cm³/mol. The zero-order valence-corrected chi connectivity index (χ0v) is 18.7. The Kier molecular flexibility index (Phi) is 9.18. The molecule has 1 N–H and O–H groups in total. The van der Waals surface area contributed by atoms with Gasteiger partial charge in [0.25, 0.3) is 11.6 Å². The van der Waals surface area contributed by atoms with Crippen LogP contribution in [0.1, 0.15) is 64.5 Å². The number of ketones is 1. The molecular weight excluding hydrogens is 398 g/mol. The van der Waals surface area contributed by atoms with E-state index in [1.807, 2.05) is 0 Å². The van der Waals surface area contributed by atoms with Gasteiger partial charge >= 0.3 is 0 Å². The summed E-state index contributed by atoms with van der Waals surface area (Å²) in [6.45, 7) is 8.61. The third-order valence-corrected chi connectivity index (χ3v) is 5.64. The van der Waals surface area contributed by atoms with E-state index in [2.05, 4.69) is 18.7 Å². The van der Waals surface area contributed by atoms with Crippen molar-refractivity contribution in [3.63, 3.8) is 0 Å². The van der Waals surface area contributed by atoms with Crippen LogP contribution in [0.2, 0.25) is 0 Å². The van der Waals surface area contributed by atoms with E-state index in [1.54, 1.807) is 18.2 Å². The average Bonchev–Trinajstić information content (AvgIpc) is 3.00. The zero-order chi connectivity index (χ0) is 23.0. The van der Waals surface area contributed by atoms with Crippen molar-refractivity contribution >= 4 is 17.4 Å². The molecule has 0 saturated carbocycles. The molecule has 1 atom stereocenters. The molecule has 1 amide bonds. The standard InChI is InChI=1S/C23H33N3O5/c1-4-6-13-24(14-7-5-2)15-10-16-25-21(20(17(3)27)22(28)23(25)29)18-11-8-9-12-19(18)26(30)31/h8-9,11-12,21,28H,4-7,10,13-16H2,1-3H3/t21-/m0/s1. The second-order valence-corrected chi connectivity index (χ2v) is 7.94. The molecule has 1 aromatic rings. The van der Waals surface area contributed by atoms with Gasteiger partial charge in [0.05, 0.1) is 22.1 Å². The number of amides is 1. The van der Waals surface area contributed by atoms with E-state index in [9.17, 15) is 24.8 Å². The predicted octanol–water partition coefficient (Wildman–Crippen LogP) is 4.17. The zero-order valence-electron chi connectivity index (χ0n) is 18.7. The minimum Gasteiger partial charge on any atom is -0.503 e. The van der Waals surface area contributed by atoms with Crippen LogP contribution in [-0.4, -0.2) is 57.7 Å². The summed E-state index contributed by atoms with van der Waals surface area (Å²) in [6.07, 6.45) is 5.05. The highest BCUT2D eigenvalue weighted by atomic mass is 16.6. The lowest BCUT2D eigenvalue weighted by atomic mass is 9.95. The SMILES string of the molecule is CCCCN(CCCC)CCCN1C(=O)C(O)=C(C(C)=O)[C@@H]1c1ccccc1[N+](=O)[O-]. The minimum atomic E-state index is -0.952. The fourth-order valence-electron chi connectivity index (χ4n) is 4.02. The van der Waals surface area contributed by atoms with E-state index in [0.29, 0.717) is 13.0 Å². The average molecular weight is 432 g/mol. The number of nitro groups is 1. The summed E-state index contributed by atoms with van der Waals surface area (Å²) in [5, 5.41) is 21.9. The summed E-state index contributed by atoms with van der Waals surface area (Å²) in [7, 11) is 0. The summed E-state index contributed by atoms with van der Waals surface area (Å²) in [6, 6.07) is 5.11. The van der Waals surface area contributed by atoms with Gasteiger partial charge in [0.1, 0.15) is 0 Å². The fourth-order valence-corrected chi connectivity index (χ4v) is 4.02. The summed E-state index contributed by atoms with van der Waals surface area (Å²) >= 11 is 0. The highest BCUT2D eigenvalue weighted by molar-refractivity contribution is 6.08. The molecule has 0 unspecified atom stereocenters. The van der Waals surface area contributed by atoms with Gasteiger partial charge < -0.3 is 14.9 Å². The highest BCUT2D eigenvalue weighted by Crippen LogP contribution is 2.41. The van der Waals surface area contributed by atoms with E-state index in [1.165, 1.54) is 17.9 Å². The first-order valence-electron chi connectivity index (χ1n) is 11.0. The smallest absolute Gasteiger partial charge is 0.290 e. The van der Waals surface area contributed by atoms with Crippen LogP contribution in [-0.2, 0) is 9.59 Å². The van der Waals surface area contributed by atoms with Gasteiger partial charge in [-0.1, -0.05) is 38.8 Å². The number of aliphatic hydroxyl groups is 1. The Morgan fingerprint density at radius 2 is 1.71 bits per heavy atom. The third-order valence-electron chi connectivity index (χ3n) is 5.64. The van der Waals surface area contributed by atoms with Crippen LogP contribution in [0.4, 0.5) is 5.69 Å². The number of nitro benzene ring substituents is 1. The first kappa shape index (κ1) is 24.5. The second kappa shape index (κ2) is 11.6. The molecule has 8 nitrogen and oxygen atoms in total. The molecule has 8 heteroatoms. The number of nitrogens with zero attached hydrogens (tertiary/aromatic N) is 3. The van der Waals surface area contributed by atoms with Crippen LogP contribution in [0, 0.1) is 10.1 Å². The van der Waals surface area contributed by atoms with E-state index in [4.69, 9.17) is 0 Å². The first-order valence-corrected chi connectivity index (χ1v) is 11.0. The molecule has 0 spiro atoms. The van der Waals surface area contributed by atoms with E-state index in [0.717, 1.165) is 45.3 Å². The maximum absolute atomic E-state index is 12.8. The van der Waals surface area contributed by atoms with Crippen molar-refractivity contribution in [1.29, 1.82) is 0 Å². The van der Waals surface area contributed by atoms with Crippen molar-refractivity contribution in [3.05, 3.63) is 51.3 Å². The van der Waals surface area contributed by atoms with Crippen LogP contribution in [0.3, 0.4) is 0 Å². The first-order chi connectivity index (χ1) is 14.8. The molecule has 170 valence electrons. The molecule has 1 aliphatic heterocycles. The Bertz CT molecular complexity index is 828. The summed E-state index contributed by atoms with van der Waals surface area (Å²) in [5.41, 5.74) is -0.0108. The monoisotopic (exact) mass is 431 g/mol. The molecule has 1 aliphatic rings. The number of aliphatic hydroxyl groups excluding tert-OH is 1. The third kappa shape index (κ3) is 5.91. The molecule has 0 fully saturated rings. The van der Waals surface area contributed by atoms with Gasteiger partial charge in [0, 0.05) is 12.6 Å². The van der Waals surface area contributed by atoms with Gasteiger partial charge in [-0.15, -0.1) is 0 Å². The van der Waals surface area contributed by atoms with Crippen LogP contribution < -0.4 is 0 Å². The second-order valence-electron chi connectivity index (χ2n) is 7.94. The van der Waals surface area contributed by atoms with Gasteiger partial charge in [-0.25, -0.2) is 0 Å². The number of hydrogen-bond acceptors (Lipinski definition) is 6. The van der Waals surface area contributed by atoms with E-state index < -0.39 is 28.4 Å².